The van der Waals surface area contributed by atoms with Gasteiger partial charge in [-0.05, 0) is 12.1 Å². The van der Waals surface area contributed by atoms with Crippen molar-refractivity contribution >= 4 is 16.3 Å². The van der Waals surface area contributed by atoms with Gasteiger partial charge in [0.05, 0.1) is 11.0 Å². The number of anilines is 1. The molecule has 1 atom stereocenters. The molecule has 0 saturated carbocycles. The molecule has 0 aliphatic carbocycles. The third-order valence-corrected chi connectivity index (χ3v) is 3.06. The predicted octanol–water partition coefficient (Wildman–Crippen LogP) is 0.773. The first-order valence-corrected chi connectivity index (χ1v) is 4.69. The van der Waals surface area contributed by atoms with Crippen LogP contribution in [0, 0.1) is 0 Å². The SMILES string of the molecule is CN(C)c1ccc([C@H](N)CN)s1. The number of nitrogens with zero attached hydrogens (tertiary/aromatic N) is 1. The molecule has 0 aliphatic rings. The van der Waals surface area contributed by atoms with Crippen LogP contribution in [-0.4, -0.2) is 20.6 Å². The molecule has 0 fully saturated rings. The molecule has 1 aromatic rings. The Hall–Kier alpha value is -0.580. The van der Waals surface area contributed by atoms with Crippen molar-refractivity contribution in [1.29, 1.82) is 0 Å². The summed E-state index contributed by atoms with van der Waals surface area (Å²) in [6, 6.07) is 4.09. The number of hydrogen-bond acceptors (Lipinski definition) is 4. The number of hydrogen-bond donors (Lipinski definition) is 2. The molecule has 4 N–H and O–H groups in total. The van der Waals surface area contributed by atoms with Crippen LogP contribution in [0.2, 0.25) is 0 Å². The van der Waals surface area contributed by atoms with Crippen LogP contribution in [-0.2, 0) is 0 Å². The van der Waals surface area contributed by atoms with Crippen molar-refractivity contribution in [3.8, 4) is 0 Å². The molecule has 0 aromatic carbocycles. The van der Waals surface area contributed by atoms with Gasteiger partial charge in [-0.25, -0.2) is 0 Å². The minimum Gasteiger partial charge on any atom is -0.370 e. The fourth-order valence-corrected chi connectivity index (χ4v) is 1.84. The summed E-state index contributed by atoms with van der Waals surface area (Å²) in [5, 5.41) is 1.22. The van der Waals surface area contributed by atoms with Crippen LogP contribution in [0.15, 0.2) is 12.1 Å². The van der Waals surface area contributed by atoms with Gasteiger partial charge in [0.25, 0.3) is 0 Å². The van der Waals surface area contributed by atoms with Crippen molar-refractivity contribution in [1.82, 2.24) is 0 Å². The van der Waals surface area contributed by atoms with Gasteiger partial charge < -0.3 is 16.4 Å². The second kappa shape index (κ2) is 3.89. The van der Waals surface area contributed by atoms with Crippen molar-refractivity contribution in [2.24, 2.45) is 11.5 Å². The molecule has 1 aromatic heterocycles. The summed E-state index contributed by atoms with van der Waals surface area (Å²) in [6.45, 7) is 0.507. The molecular weight excluding hydrogens is 170 g/mol. The Bertz CT molecular complexity index is 244. The van der Waals surface area contributed by atoms with Crippen LogP contribution in [0.3, 0.4) is 0 Å². The third kappa shape index (κ3) is 1.97. The lowest BCUT2D eigenvalue weighted by Crippen LogP contribution is -2.19. The highest BCUT2D eigenvalue weighted by Gasteiger charge is 2.07. The van der Waals surface area contributed by atoms with E-state index in [1.54, 1.807) is 11.3 Å². The Kier molecular flexibility index (Phi) is 3.08. The summed E-state index contributed by atoms with van der Waals surface area (Å²) in [5.41, 5.74) is 11.2. The van der Waals surface area contributed by atoms with Crippen LogP contribution in [0.4, 0.5) is 5.00 Å². The second-order valence-corrected chi connectivity index (χ2v) is 4.01. The second-order valence-electron chi connectivity index (χ2n) is 2.91. The van der Waals surface area contributed by atoms with E-state index in [9.17, 15) is 0 Å². The van der Waals surface area contributed by atoms with E-state index in [-0.39, 0.29) is 6.04 Å². The lowest BCUT2D eigenvalue weighted by Gasteiger charge is -2.08. The minimum absolute atomic E-state index is 0.0105. The molecule has 0 unspecified atom stereocenters. The van der Waals surface area contributed by atoms with E-state index in [1.165, 1.54) is 5.00 Å². The maximum Gasteiger partial charge on any atom is 0.0906 e. The maximum atomic E-state index is 5.77. The molecular formula is C8H15N3S. The predicted molar refractivity (Wildman–Crippen MR) is 54.6 cm³/mol. The van der Waals surface area contributed by atoms with Gasteiger partial charge in [0, 0.05) is 25.5 Å². The van der Waals surface area contributed by atoms with Crippen molar-refractivity contribution < 1.29 is 0 Å². The van der Waals surface area contributed by atoms with Gasteiger partial charge in [0.1, 0.15) is 0 Å². The van der Waals surface area contributed by atoms with Crippen LogP contribution in [0.1, 0.15) is 10.9 Å². The third-order valence-electron chi connectivity index (χ3n) is 1.67. The topological polar surface area (TPSA) is 55.3 Å². The van der Waals surface area contributed by atoms with Gasteiger partial charge >= 0.3 is 0 Å². The van der Waals surface area contributed by atoms with Crippen LogP contribution < -0.4 is 16.4 Å². The quantitative estimate of drug-likeness (QED) is 0.731. The van der Waals surface area contributed by atoms with Gasteiger partial charge in [-0.1, -0.05) is 0 Å². The molecule has 0 saturated heterocycles. The highest BCUT2D eigenvalue weighted by atomic mass is 32.1. The maximum absolute atomic E-state index is 5.77. The highest BCUT2D eigenvalue weighted by molar-refractivity contribution is 7.16. The monoisotopic (exact) mass is 185 g/mol. The Morgan fingerprint density at radius 2 is 2.17 bits per heavy atom. The van der Waals surface area contributed by atoms with Crippen LogP contribution in [0.25, 0.3) is 0 Å². The van der Waals surface area contributed by atoms with Gasteiger partial charge in [-0.15, -0.1) is 11.3 Å². The molecule has 68 valence electrons. The van der Waals surface area contributed by atoms with Crippen molar-refractivity contribution in [2.45, 2.75) is 6.04 Å². The minimum atomic E-state index is -0.0105. The number of rotatable bonds is 3. The molecule has 0 bridgehead atoms. The zero-order chi connectivity index (χ0) is 9.14. The average Bonchev–Trinajstić information content (AvgIpc) is 2.51. The summed E-state index contributed by atoms with van der Waals surface area (Å²) in [6.07, 6.45) is 0. The zero-order valence-corrected chi connectivity index (χ0v) is 8.27. The number of nitrogens with two attached hydrogens (primary N) is 2. The first-order chi connectivity index (χ1) is 5.65. The molecule has 0 radical (unpaired) electrons. The summed E-state index contributed by atoms with van der Waals surface area (Å²) in [5.74, 6) is 0. The molecule has 0 spiro atoms. The lowest BCUT2D eigenvalue weighted by atomic mass is 10.2. The smallest absolute Gasteiger partial charge is 0.0906 e. The van der Waals surface area contributed by atoms with Gasteiger partial charge in [-0.3, -0.25) is 0 Å². The van der Waals surface area contributed by atoms with E-state index >= 15 is 0 Å². The summed E-state index contributed by atoms with van der Waals surface area (Å²) in [7, 11) is 4.03. The van der Waals surface area contributed by atoms with E-state index in [1.807, 2.05) is 20.2 Å². The van der Waals surface area contributed by atoms with E-state index < -0.39 is 0 Å². The Balaban J connectivity index is 2.77. The van der Waals surface area contributed by atoms with Crippen LogP contribution in [0.5, 0.6) is 0 Å². The average molecular weight is 185 g/mol. The molecule has 12 heavy (non-hydrogen) atoms. The first kappa shape index (κ1) is 9.51. The van der Waals surface area contributed by atoms with Crippen molar-refractivity contribution in [3.05, 3.63) is 17.0 Å². The van der Waals surface area contributed by atoms with E-state index in [0.717, 1.165) is 4.88 Å². The molecule has 0 aliphatic heterocycles. The highest BCUT2D eigenvalue weighted by Crippen LogP contribution is 2.27. The Morgan fingerprint density at radius 1 is 1.50 bits per heavy atom. The summed E-state index contributed by atoms with van der Waals surface area (Å²) >= 11 is 1.69. The molecule has 3 nitrogen and oxygen atoms in total. The van der Waals surface area contributed by atoms with E-state index in [4.69, 9.17) is 11.5 Å². The fourth-order valence-electron chi connectivity index (χ4n) is 0.898. The standard InChI is InChI=1S/C8H15N3S/c1-11(2)8-4-3-7(12-8)6(10)5-9/h3-4,6H,5,9-10H2,1-2H3/t6-/m1/s1. The van der Waals surface area contributed by atoms with E-state index in [2.05, 4.69) is 11.0 Å². The fraction of sp³-hybridized carbons (Fsp3) is 0.500. The zero-order valence-electron chi connectivity index (χ0n) is 7.45. The van der Waals surface area contributed by atoms with Crippen molar-refractivity contribution in [3.63, 3.8) is 0 Å². The Labute approximate surface area is 77.0 Å². The Morgan fingerprint density at radius 3 is 2.58 bits per heavy atom. The summed E-state index contributed by atoms with van der Waals surface area (Å²) < 4.78 is 0. The van der Waals surface area contributed by atoms with Crippen molar-refractivity contribution in [2.75, 3.05) is 25.5 Å². The normalized spacial score (nSPS) is 13.0. The van der Waals surface area contributed by atoms with Gasteiger partial charge in [0.2, 0.25) is 0 Å². The molecule has 1 rings (SSSR count). The summed E-state index contributed by atoms with van der Waals surface area (Å²) in [4.78, 5) is 3.22. The molecule has 0 amide bonds. The van der Waals surface area contributed by atoms with Gasteiger partial charge in [0.15, 0.2) is 0 Å². The largest absolute Gasteiger partial charge is 0.370 e. The van der Waals surface area contributed by atoms with E-state index in [0.29, 0.717) is 6.54 Å². The van der Waals surface area contributed by atoms with Crippen LogP contribution >= 0.6 is 11.3 Å². The lowest BCUT2D eigenvalue weighted by molar-refractivity contribution is 0.752. The van der Waals surface area contributed by atoms with Gasteiger partial charge in [-0.2, -0.15) is 0 Å². The molecule has 1 heterocycles. The first-order valence-electron chi connectivity index (χ1n) is 3.88. The molecule has 4 heteroatoms. The number of thiophene rings is 1.